The number of hydrogen-bond donors (Lipinski definition) is 2. The molecule has 0 spiro atoms. The van der Waals surface area contributed by atoms with E-state index in [4.69, 9.17) is 9.47 Å². The number of aromatic nitrogens is 2. The molecule has 1 aromatic carbocycles. The number of hydrogen-bond acceptors (Lipinski definition) is 5. The normalized spacial score (nSPS) is 21.8. The highest BCUT2D eigenvalue weighted by Gasteiger charge is 2.46. The van der Waals surface area contributed by atoms with Gasteiger partial charge in [0.1, 0.15) is 5.82 Å². The third-order valence-corrected chi connectivity index (χ3v) is 5.39. The van der Waals surface area contributed by atoms with E-state index in [-0.39, 0.29) is 6.42 Å². The number of anilines is 1. The molecular weight excluding hydrogens is 385 g/mol. The topological polar surface area (TPSA) is 60.3 Å². The monoisotopic (exact) mass is 408 g/mol. The molecule has 0 unspecified atom stereocenters. The lowest BCUT2D eigenvalue weighted by molar-refractivity contribution is -0.173. The van der Waals surface area contributed by atoms with Gasteiger partial charge < -0.3 is 20.1 Å². The van der Waals surface area contributed by atoms with Crippen molar-refractivity contribution in [3.05, 3.63) is 41.6 Å². The van der Waals surface area contributed by atoms with Crippen molar-refractivity contribution in [2.24, 2.45) is 0 Å². The summed E-state index contributed by atoms with van der Waals surface area (Å²) in [6.07, 6.45) is -1.84. The summed E-state index contributed by atoms with van der Waals surface area (Å²) in [4.78, 5) is 0. The summed E-state index contributed by atoms with van der Waals surface area (Å²) in [5.74, 6) is 1.38. The first-order valence-corrected chi connectivity index (χ1v) is 9.45. The molecule has 1 aromatic heterocycles. The first-order valence-electron chi connectivity index (χ1n) is 9.45. The van der Waals surface area contributed by atoms with E-state index in [2.05, 4.69) is 15.7 Å². The molecule has 0 radical (unpaired) electrons. The van der Waals surface area contributed by atoms with Crippen molar-refractivity contribution < 1.29 is 22.6 Å². The first-order chi connectivity index (χ1) is 13.9. The summed E-state index contributed by atoms with van der Waals surface area (Å²) in [5.41, 5.74) is 2.26. The second kappa shape index (κ2) is 7.62. The van der Waals surface area contributed by atoms with Crippen molar-refractivity contribution in [2.45, 2.75) is 31.1 Å². The zero-order valence-electron chi connectivity index (χ0n) is 16.2. The summed E-state index contributed by atoms with van der Waals surface area (Å²) < 4.78 is 53.2. The van der Waals surface area contributed by atoms with Crippen LogP contribution in [0.15, 0.2) is 30.3 Å². The Morgan fingerprint density at radius 3 is 2.59 bits per heavy atom. The zero-order valence-corrected chi connectivity index (χ0v) is 16.2. The second-order valence-corrected chi connectivity index (χ2v) is 7.15. The first kappa shape index (κ1) is 19.6. The van der Waals surface area contributed by atoms with Crippen molar-refractivity contribution in [3.63, 3.8) is 0 Å². The zero-order chi connectivity index (χ0) is 20.6. The Balaban J connectivity index is 1.71. The van der Waals surface area contributed by atoms with Gasteiger partial charge in [0.2, 0.25) is 0 Å². The molecule has 0 fully saturated rings. The second-order valence-electron chi connectivity index (χ2n) is 7.15. The minimum atomic E-state index is -4.41. The number of alkyl halides is 3. The fourth-order valence-corrected chi connectivity index (χ4v) is 3.87. The van der Waals surface area contributed by atoms with E-state index in [0.717, 1.165) is 23.2 Å². The van der Waals surface area contributed by atoms with E-state index in [1.54, 1.807) is 24.3 Å². The molecule has 29 heavy (non-hydrogen) atoms. The maximum atomic E-state index is 13.9. The van der Waals surface area contributed by atoms with Crippen molar-refractivity contribution in [1.29, 1.82) is 0 Å². The molecule has 2 N–H and O–H groups in total. The van der Waals surface area contributed by atoms with Crippen LogP contribution in [0.5, 0.6) is 11.5 Å². The van der Waals surface area contributed by atoms with E-state index in [1.807, 2.05) is 6.08 Å². The number of nitrogens with zero attached hydrogens (tertiary/aromatic N) is 2. The minimum absolute atomic E-state index is 0.159. The predicted molar refractivity (Wildman–Crippen MR) is 103 cm³/mol. The van der Waals surface area contributed by atoms with Gasteiger partial charge in [-0.15, -0.1) is 0 Å². The molecule has 2 atom stereocenters. The van der Waals surface area contributed by atoms with E-state index in [9.17, 15) is 13.2 Å². The minimum Gasteiger partial charge on any atom is -0.493 e. The Morgan fingerprint density at radius 1 is 1.14 bits per heavy atom. The molecule has 0 saturated heterocycles. The standard InChI is InChI=1S/C20H23F3N4O2/c1-28-16-4-3-13(9-17(16)29-2)14-10-18(20(21,22)23)27-19(25-14)11-15(26-27)12-5-7-24-8-6-12/h3-5,9,11,14,18,24-25H,6-8,10H2,1-2H3/t14-,18+/m1/s1. The molecule has 156 valence electrons. The van der Waals surface area contributed by atoms with Gasteiger partial charge in [-0.25, -0.2) is 4.68 Å². The highest BCUT2D eigenvalue weighted by molar-refractivity contribution is 5.66. The summed E-state index contributed by atoms with van der Waals surface area (Å²) in [5, 5.41) is 10.7. The average molecular weight is 408 g/mol. The van der Waals surface area contributed by atoms with Gasteiger partial charge in [0.25, 0.3) is 0 Å². The van der Waals surface area contributed by atoms with Crippen molar-refractivity contribution >= 4 is 11.4 Å². The van der Waals surface area contributed by atoms with Crippen LogP contribution in [0.2, 0.25) is 0 Å². The Kier molecular flexibility index (Phi) is 5.16. The third kappa shape index (κ3) is 3.78. The SMILES string of the molecule is COc1ccc([C@H]2C[C@@H](C(F)(F)F)n3nc(C4=CCNCC4)cc3N2)cc1OC. The quantitative estimate of drug-likeness (QED) is 0.803. The molecule has 2 aliphatic heterocycles. The van der Waals surface area contributed by atoms with Crippen LogP contribution in [0, 0.1) is 0 Å². The predicted octanol–water partition coefficient (Wildman–Crippen LogP) is 3.94. The number of fused-ring (bicyclic) bond motifs is 1. The van der Waals surface area contributed by atoms with Crippen LogP contribution >= 0.6 is 0 Å². The third-order valence-electron chi connectivity index (χ3n) is 5.39. The molecule has 0 bridgehead atoms. The highest BCUT2D eigenvalue weighted by Crippen LogP contribution is 2.45. The van der Waals surface area contributed by atoms with Gasteiger partial charge >= 0.3 is 6.18 Å². The molecule has 0 saturated carbocycles. The Labute approximate surface area is 166 Å². The van der Waals surface area contributed by atoms with Crippen LogP contribution < -0.4 is 20.1 Å². The summed E-state index contributed by atoms with van der Waals surface area (Å²) >= 11 is 0. The average Bonchev–Trinajstić information content (AvgIpc) is 3.16. The van der Waals surface area contributed by atoms with Crippen LogP contribution in [-0.4, -0.2) is 43.3 Å². The van der Waals surface area contributed by atoms with E-state index >= 15 is 0 Å². The van der Waals surface area contributed by atoms with E-state index in [1.165, 1.54) is 14.2 Å². The number of halogens is 3. The number of ether oxygens (including phenoxy) is 2. The van der Waals surface area contributed by atoms with Gasteiger partial charge in [-0.3, -0.25) is 0 Å². The maximum absolute atomic E-state index is 13.9. The molecular formula is C20H23F3N4O2. The van der Waals surface area contributed by atoms with Crippen LogP contribution in [0.3, 0.4) is 0 Å². The number of rotatable bonds is 4. The largest absolute Gasteiger partial charge is 0.493 e. The van der Waals surface area contributed by atoms with E-state index < -0.39 is 18.3 Å². The molecule has 6 nitrogen and oxygen atoms in total. The maximum Gasteiger partial charge on any atom is 0.410 e. The fourth-order valence-electron chi connectivity index (χ4n) is 3.87. The lowest BCUT2D eigenvalue weighted by atomic mass is 9.96. The van der Waals surface area contributed by atoms with Crippen molar-refractivity contribution in [3.8, 4) is 11.5 Å². The summed E-state index contributed by atoms with van der Waals surface area (Å²) in [6, 6.07) is 4.66. The smallest absolute Gasteiger partial charge is 0.410 e. The van der Waals surface area contributed by atoms with Crippen molar-refractivity contribution in [1.82, 2.24) is 15.1 Å². The molecule has 3 heterocycles. The van der Waals surface area contributed by atoms with Gasteiger partial charge in [-0.1, -0.05) is 12.1 Å². The van der Waals surface area contributed by atoms with Crippen molar-refractivity contribution in [2.75, 3.05) is 32.6 Å². The fraction of sp³-hybridized carbons (Fsp3) is 0.450. The van der Waals surface area contributed by atoms with Crippen LogP contribution in [-0.2, 0) is 0 Å². The molecule has 2 aliphatic rings. The lowest BCUT2D eigenvalue weighted by Gasteiger charge is -2.33. The highest BCUT2D eigenvalue weighted by atomic mass is 19.4. The molecule has 2 aromatic rings. The summed E-state index contributed by atoms with van der Waals surface area (Å²) in [7, 11) is 3.02. The summed E-state index contributed by atoms with van der Waals surface area (Å²) in [6.45, 7) is 1.49. The number of benzene rings is 1. The Hall–Kier alpha value is -2.68. The Morgan fingerprint density at radius 2 is 1.93 bits per heavy atom. The number of nitrogens with one attached hydrogen (secondary N) is 2. The number of methoxy groups -OCH3 is 2. The van der Waals surface area contributed by atoms with Gasteiger partial charge in [0.15, 0.2) is 17.5 Å². The molecule has 0 amide bonds. The molecule has 4 rings (SSSR count). The van der Waals surface area contributed by atoms with Crippen LogP contribution in [0.4, 0.5) is 19.0 Å². The van der Waals surface area contributed by atoms with Gasteiger partial charge in [-0.2, -0.15) is 18.3 Å². The van der Waals surface area contributed by atoms with Crippen LogP contribution in [0.1, 0.15) is 36.2 Å². The molecule has 9 heteroatoms. The molecule has 0 aliphatic carbocycles. The lowest BCUT2D eigenvalue weighted by Crippen LogP contribution is -2.35. The van der Waals surface area contributed by atoms with Gasteiger partial charge in [-0.05, 0) is 36.2 Å². The van der Waals surface area contributed by atoms with Gasteiger partial charge in [0.05, 0.1) is 26.0 Å². The van der Waals surface area contributed by atoms with E-state index in [0.29, 0.717) is 35.1 Å². The van der Waals surface area contributed by atoms with Gasteiger partial charge in [0, 0.05) is 19.0 Å². The van der Waals surface area contributed by atoms with Crippen LogP contribution in [0.25, 0.3) is 5.57 Å². The Bertz CT molecular complexity index is 923.